The predicted octanol–water partition coefficient (Wildman–Crippen LogP) is 3.42. The third kappa shape index (κ3) is 4.50. The first-order valence-corrected chi connectivity index (χ1v) is 5.69. The van der Waals surface area contributed by atoms with Crippen LogP contribution >= 0.6 is 0 Å². The molecule has 0 saturated heterocycles. The van der Waals surface area contributed by atoms with E-state index in [0.717, 1.165) is 12.0 Å². The molecule has 0 spiro atoms. The second-order valence-corrected chi connectivity index (χ2v) is 4.50. The fourth-order valence-corrected chi connectivity index (χ4v) is 1.67. The maximum absolute atomic E-state index is 11.3. The summed E-state index contributed by atoms with van der Waals surface area (Å²) in [5.41, 5.74) is 1.16. The molecule has 15 heavy (non-hydrogen) atoms. The van der Waals surface area contributed by atoms with Gasteiger partial charge in [-0.05, 0) is 17.8 Å². The van der Waals surface area contributed by atoms with Crippen LogP contribution in [0.4, 0.5) is 0 Å². The summed E-state index contributed by atoms with van der Waals surface area (Å²) in [4.78, 5) is 11.3. The maximum Gasteiger partial charge on any atom is 0.306 e. The third-order valence-electron chi connectivity index (χ3n) is 3.16. The molecule has 0 aromatic heterocycles. The number of allylic oxidation sites excluding steroid dienone is 1. The fraction of sp³-hybridized carbons (Fsp3) is 0.769. The molecule has 2 nitrogen and oxygen atoms in total. The van der Waals surface area contributed by atoms with Crippen molar-refractivity contribution >= 4 is 5.97 Å². The molecule has 0 amide bonds. The quantitative estimate of drug-likeness (QED) is 0.498. The van der Waals surface area contributed by atoms with Crippen LogP contribution in [0.15, 0.2) is 12.2 Å². The number of hydrogen-bond donors (Lipinski definition) is 0. The highest BCUT2D eigenvalue weighted by molar-refractivity contribution is 5.70. The molecule has 0 aromatic carbocycles. The molecule has 0 rings (SSSR count). The van der Waals surface area contributed by atoms with Crippen molar-refractivity contribution in [3.8, 4) is 0 Å². The monoisotopic (exact) mass is 212 g/mol. The van der Waals surface area contributed by atoms with Crippen LogP contribution in [0.3, 0.4) is 0 Å². The summed E-state index contributed by atoms with van der Waals surface area (Å²) < 4.78 is 4.73. The first kappa shape index (κ1) is 14.2. The molecule has 0 aliphatic carbocycles. The van der Waals surface area contributed by atoms with E-state index in [-0.39, 0.29) is 11.9 Å². The molecule has 88 valence electrons. The van der Waals surface area contributed by atoms with Crippen molar-refractivity contribution in [1.29, 1.82) is 0 Å². The zero-order chi connectivity index (χ0) is 12.0. The summed E-state index contributed by atoms with van der Waals surface area (Å²) in [6, 6.07) is 0. The van der Waals surface area contributed by atoms with Crippen LogP contribution in [0.5, 0.6) is 0 Å². The van der Waals surface area contributed by atoms with Gasteiger partial charge in [-0.1, -0.05) is 46.3 Å². The van der Waals surface area contributed by atoms with Gasteiger partial charge in [0.2, 0.25) is 0 Å². The Morgan fingerprint density at radius 3 is 2.20 bits per heavy atom. The van der Waals surface area contributed by atoms with E-state index < -0.39 is 0 Å². The third-order valence-corrected chi connectivity index (χ3v) is 3.16. The Kier molecular flexibility index (Phi) is 6.30. The topological polar surface area (TPSA) is 26.3 Å². The Hall–Kier alpha value is -0.790. The second kappa shape index (κ2) is 6.65. The zero-order valence-corrected chi connectivity index (χ0v) is 10.7. The molecule has 0 aliphatic heterocycles. The standard InChI is InChI=1S/C13H24O2/c1-7-10(4)12(8-13(14)15-6)11(5)9(2)3/h9-10,12H,5,7-8H2,1-4,6H3. The lowest BCUT2D eigenvalue weighted by Crippen LogP contribution is -2.20. The van der Waals surface area contributed by atoms with Gasteiger partial charge in [-0.15, -0.1) is 0 Å². The molecule has 0 heterocycles. The smallest absolute Gasteiger partial charge is 0.306 e. The maximum atomic E-state index is 11.3. The van der Waals surface area contributed by atoms with E-state index in [1.54, 1.807) is 0 Å². The Morgan fingerprint density at radius 2 is 1.87 bits per heavy atom. The van der Waals surface area contributed by atoms with E-state index in [4.69, 9.17) is 4.74 Å². The Labute approximate surface area is 93.7 Å². The van der Waals surface area contributed by atoms with Crippen molar-refractivity contribution in [2.75, 3.05) is 7.11 Å². The first-order valence-electron chi connectivity index (χ1n) is 5.69. The van der Waals surface area contributed by atoms with Crippen LogP contribution in [-0.4, -0.2) is 13.1 Å². The molecule has 0 saturated carbocycles. The van der Waals surface area contributed by atoms with Gasteiger partial charge in [0.1, 0.15) is 0 Å². The van der Waals surface area contributed by atoms with Crippen LogP contribution in [0.1, 0.15) is 40.5 Å². The van der Waals surface area contributed by atoms with Crippen molar-refractivity contribution in [3.05, 3.63) is 12.2 Å². The molecule has 0 bridgehead atoms. The van der Waals surface area contributed by atoms with Gasteiger partial charge < -0.3 is 4.74 Å². The number of rotatable bonds is 6. The van der Waals surface area contributed by atoms with E-state index in [1.165, 1.54) is 7.11 Å². The normalized spacial score (nSPS) is 14.8. The number of ether oxygens (including phenoxy) is 1. The highest BCUT2D eigenvalue weighted by atomic mass is 16.5. The van der Waals surface area contributed by atoms with Gasteiger partial charge in [0, 0.05) is 0 Å². The second-order valence-electron chi connectivity index (χ2n) is 4.50. The molecule has 0 radical (unpaired) electrons. The van der Waals surface area contributed by atoms with Crippen LogP contribution < -0.4 is 0 Å². The van der Waals surface area contributed by atoms with Gasteiger partial charge in [0.05, 0.1) is 13.5 Å². The van der Waals surface area contributed by atoms with Gasteiger partial charge in [-0.25, -0.2) is 0 Å². The van der Waals surface area contributed by atoms with Crippen molar-refractivity contribution in [2.45, 2.75) is 40.5 Å². The summed E-state index contributed by atoms with van der Waals surface area (Å²) in [7, 11) is 1.44. The average Bonchev–Trinajstić information content (AvgIpc) is 2.23. The molecular weight excluding hydrogens is 188 g/mol. The van der Waals surface area contributed by atoms with Crippen molar-refractivity contribution in [2.24, 2.45) is 17.8 Å². The van der Waals surface area contributed by atoms with E-state index in [1.807, 2.05) is 0 Å². The predicted molar refractivity (Wildman–Crippen MR) is 63.6 cm³/mol. The van der Waals surface area contributed by atoms with Crippen molar-refractivity contribution in [1.82, 2.24) is 0 Å². The summed E-state index contributed by atoms with van der Waals surface area (Å²) in [6.45, 7) is 12.7. The van der Waals surface area contributed by atoms with Gasteiger partial charge >= 0.3 is 5.97 Å². The summed E-state index contributed by atoms with van der Waals surface area (Å²) in [5.74, 6) is 1.03. The first-order chi connectivity index (χ1) is 6.93. The minimum atomic E-state index is -0.137. The molecule has 2 atom stereocenters. The van der Waals surface area contributed by atoms with Gasteiger partial charge in [-0.2, -0.15) is 0 Å². The van der Waals surface area contributed by atoms with Gasteiger partial charge in [-0.3, -0.25) is 4.79 Å². The lowest BCUT2D eigenvalue weighted by atomic mass is 9.79. The highest BCUT2D eigenvalue weighted by Crippen LogP contribution is 2.30. The van der Waals surface area contributed by atoms with E-state index in [9.17, 15) is 4.79 Å². The van der Waals surface area contributed by atoms with Gasteiger partial charge in [0.15, 0.2) is 0 Å². The van der Waals surface area contributed by atoms with E-state index in [2.05, 4.69) is 34.3 Å². The summed E-state index contributed by atoms with van der Waals surface area (Å²) in [5, 5.41) is 0. The number of methoxy groups -OCH3 is 1. The molecule has 0 N–H and O–H groups in total. The highest BCUT2D eigenvalue weighted by Gasteiger charge is 2.23. The van der Waals surface area contributed by atoms with Crippen LogP contribution in [0, 0.1) is 17.8 Å². The zero-order valence-electron chi connectivity index (χ0n) is 10.7. The molecule has 0 aromatic rings. The molecule has 2 heteroatoms. The Bertz CT molecular complexity index is 219. The van der Waals surface area contributed by atoms with Gasteiger partial charge in [0.25, 0.3) is 0 Å². The molecule has 0 aliphatic rings. The lowest BCUT2D eigenvalue weighted by molar-refractivity contribution is -0.141. The Morgan fingerprint density at radius 1 is 1.33 bits per heavy atom. The van der Waals surface area contributed by atoms with Crippen LogP contribution in [0.25, 0.3) is 0 Å². The van der Waals surface area contributed by atoms with Crippen LogP contribution in [0.2, 0.25) is 0 Å². The number of esters is 1. The van der Waals surface area contributed by atoms with E-state index in [0.29, 0.717) is 18.3 Å². The minimum Gasteiger partial charge on any atom is -0.469 e. The molecule has 2 unspecified atom stereocenters. The minimum absolute atomic E-state index is 0.137. The lowest BCUT2D eigenvalue weighted by Gasteiger charge is -2.26. The molecular formula is C13H24O2. The number of hydrogen-bond acceptors (Lipinski definition) is 2. The summed E-state index contributed by atoms with van der Waals surface area (Å²) in [6.07, 6.45) is 1.52. The SMILES string of the molecule is C=C(C(C)C)C(CC(=O)OC)C(C)CC. The van der Waals surface area contributed by atoms with Crippen molar-refractivity contribution < 1.29 is 9.53 Å². The van der Waals surface area contributed by atoms with Crippen molar-refractivity contribution in [3.63, 3.8) is 0 Å². The Balaban J connectivity index is 4.58. The molecule has 0 fully saturated rings. The van der Waals surface area contributed by atoms with Crippen LogP contribution in [-0.2, 0) is 9.53 Å². The number of carbonyl (C=O) groups is 1. The fourth-order valence-electron chi connectivity index (χ4n) is 1.67. The van der Waals surface area contributed by atoms with E-state index >= 15 is 0 Å². The summed E-state index contributed by atoms with van der Waals surface area (Å²) >= 11 is 0. The largest absolute Gasteiger partial charge is 0.469 e. The number of carbonyl (C=O) groups excluding carboxylic acids is 1. The average molecular weight is 212 g/mol.